The Morgan fingerprint density at radius 1 is 0.767 bits per heavy atom. The second-order valence-corrected chi connectivity index (χ2v) is 7.94. The topological polar surface area (TPSA) is 43.4 Å². The molecule has 2 heterocycles. The molecule has 7 heteroatoms. The standard InChI is InChI=1S/C23H12Cl4O3/c24-13-4-7-16(25)15(12-13)20-10-11-21(30-20)19(28)8-5-14-6-9-22(29-14)23-17(26)2-1-3-18(23)27/h1-12H. The van der Waals surface area contributed by atoms with E-state index in [9.17, 15) is 4.79 Å². The first-order valence-electron chi connectivity index (χ1n) is 8.74. The molecule has 0 N–H and O–H groups in total. The number of furan rings is 2. The molecule has 0 bridgehead atoms. The molecule has 3 nitrogen and oxygen atoms in total. The van der Waals surface area contributed by atoms with Gasteiger partial charge in [-0.1, -0.05) is 52.5 Å². The highest BCUT2D eigenvalue weighted by atomic mass is 35.5. The number of rotatable bonds is 5. The summed E-state index contributed by atoms with van der Waals surface area (Å²) in [5, 5.41) is 1.95. The molecule has 0 saturated carbocycles. The van der Waals surface area contributed by atoms with E-state index in [0.29, 0.717) is 48.5 Å². The molecule has 0 saturated heterocycles. The van der Waals surface area contributed by atoms with Gasteiger partial charge in [-0.2, -0.15) is 0 Å². The average Bonchev–Trinajstić information content (AvgIpc) is 3.38. The van der Waals surface area contributed by atoms with Crippen molar-refractivity contribution in [3.8, 4) is 22.6 Å². The summed E-state index contributed by atoms with van der Waals surface area (Å²) in [7, 11) is 0. The Labute approximate surface area is 192 Å². The fraction of sp³-hybridized carbons (Fsp3) is 0. The van der Waals surface area contributed by atoms with E-state index >= 15 is 0 Å². The molecule has 0 radical (unpaired) electrons. The highest BCUT2D eigenvalue weighted by Crippen LogP contribution is 2.36. The largest absolute Gasteiger partial charge is 0.457 e. The maximum absolute atomic E-state index is 12.5. The fourth-order valence-corrected chi connectivity index (χ4v) is 3.82. The van der Waals surface area contributed by atoms with E-state index in [1.807, 2.05) is 0 Å². The summed E-state index contributed by atoms with van der Waals surface area (Å²) in [5.74, 6) is 1.27. The van der Waals surface area contributed by atoms with Crippen LogP contribution in [0.15, 0.2) is 75.6 Å². The molecule has 0 unspecified atom stereocenters. The molecule has 0 aliphatic heterocycles. The van der Waals surface area contributed by atoms with Gasteiger partial charge < -0.3 is 8.83 Å². The minimum atomic E-state index is -0.326. The van der Waals surface area contributed by atoms with Crippen LogP contribution in [0.4, 0.5) is 0 Å². The van der Waals surface area contributed by atoms with Crippen LogP contribution >= 0.6 is 46.4 Å². The number of ketones is 1. The van der Waals surface area contributed by atoms with Crippen molar-refractivity contribution >= 4 is 58.3 Å². The predicted octanol–water partition coefficient (Wildman–Crippen LogP) is 8.72. The van der Waals surface area contributed by atoms with Gasteiger partial charge in [0.2, 0.25) is 5.78 Å². The van der Waals surface area contributed by atoms with Gasteiger partial charge in [0.1, 0.15) is 17.3 Å². The van der Waals surface area contributed by atoms with Gasteiger partial charge in [-0.3, -0.25) is 4.79 Å². The molecule has 2 aromatic carbocycles. The minimum Gasteiger partial charge on any atom is -0.457 e. The van der Waals surface area contributed by atoms with E-state index in [4.69, 9.17) is 55.2 Å². The van der Waals surface area contributed by atoms with Crippen molar-refractivity contribution in [3.05, 3.63) is 98.4 Å². The first kappa shape index (κ1) is 20.8. The summed E-state index contributed by atoms with van der Waals surface area (Å²) >= 11 is 24.6. The molecule has 4 rings (SSSR count). The van der Waals surface area contributed by atoms with Crippen molar-refractivity contribution < 1.29 is 13.6 Å². The zero-order valence-corrected chi connectivity index (χ0v) is 18.2. The van der Waals surface area contributed by atoms with Gasteiger partial charge in [0.15, 0.2) is 5.76 Å². The zero-order chi connectivity index (χ0) is 21.3. The Balaban J connectivity index is 1.53. The fourth-order valence-electron chi connectivity index (χ4n) is 2.85. The number of allylic oxidation sites excluding steroid dienone is 1. The molecule has 0 aliphatic rings. The van der Waals surface area contributed by atoms with Crippen LogP contribution in [-0.4, -0.2) is 5.78 Å². The van der Waals surface area contributed by atoms with E-state index in [-0.39, 0.29) is 11.5 Å². The summed E-state index contributed by atoms with van der Waals surface area (Å²) in [6.45, 7) is 0. The van der Waals surface area contributed by atoms with E-state index in [1.165, 1.54) is 6.08 Å². The van der Waals surface area contributed by atoms with Gasteiger partial charge >= 0.3 is 0 Å². The normalized spacial score (nSPS) is 11.3. The van der Waals surface area contributed by atoms with Crippen molar-refractivity contribution in [1.82, 2.24) is 0 Å². The van der Waals surface area contributed by atoms with Gasteiger partial charge in [0, 0.05) is 10.6 Å². The molecule has 0 atom stereocenters. The Hall–Kier alpha value is -2.43. The van der Waals surface area contributed by atoms with Gasteiger partial charge in [-0.05, 0) is 66.7 Å². The lowest BCUT2D eigenvalue weighted by atomic mass is 10.2. The third-order valence-electron chi connectivity index (χ3n) is 4.28. The van der Waals surface area contributed by atoms with Gasteiger partial charge in [-0.25, -0.2) is 0 Å². The Kier molecular flexibility index (Phi) is 6.07. The second-order valence-electron chi connectivity index (χ2n) is 6.28. The molecular weight excluding hydrogens is 466 g/mol. The third kappa shape index (κ3) is 4.35. The lowest BCUT2D eigenvalue weighted by molar-refractivity contribution is 0.102. The predicted molar refractivity (Wildman–Crippen MR) is 122 cm³/mol. The van der Waals surface area contributed by atoms with Crippen LogP contribution in [0.1, 0.15) is 16.3 Å². The smallest absolute Gasteiger partial charge is 0.221 e. The SMILES string of the molecule is O=C(C=Cc1ccc(-c2c(Cl)cccc2Cl)o1)c1ccc(-c2cc(Cl)ccc2Cl)o1. The quantitative estimate of drug-likeness (QED) is 0.213. The van der Waals surface area contributed by atoms with E-state index < -0.39 is 0 Å². The number of carbonyl (C=O) groups excluding carboxylic acids is 1. The van der Waals surface area contributed by atoms with Crippen LogP contribution in [0.2, 0.25) is 20.1 Å². The highest BCUT2D eigenvalue weighted by Gasteiger charge is 2.14. The average molecular weight is 478 g/mol. The van der Waals surface area contributed by atoms with Crippen molar-refractivity contribution in [2.45, 2.75) is 0 Å². The van der Waals surface area contributed by atoms with Crippen LogP contribution in [0.5, 0.6) is 0 Å². The maximum atomic E-state index is 12.5. The van der Waals surface area contributed by atoms with Crippen molar-refractivity contribution in [2.24, 2.45) is 0 Å². The third-order valence-corrected chi connectivity index (χ3v) is 5.47. The second kappa shape index (κ2) is 8.75. The molecule has 0 aliphatic carbocycles. The van der Waals surface area contributed by atoms with Crippen molar-refractivity contribution in [3.63, 3.8) is 0 Å². The van der Waals surface area contributed by atoms with E-state index in [2.05, 4.69) is 0 Å². The Morgan fingerprint density at radius 2 is 1.50 bits per heavy atom. The number of carbonyl (C=O) groups is 1. The first-order valence-corrected chi connectivity index (χ1v) is 10.3. The minimum absolute atomic E-state index is 0.165. The van der Waals surface area contributed by atoms with Crippen LogP contribution in [0.25, 0.3) is 28.7 Å². The number of benzene rings is 2. The summed E-state index contributed by atoms with van der Waals surface area (Å²) in [6.07, 6.45) is 2.91. The Morgan fingerprint density at radius 3 is 2.27 bits per heavy atom. The lowest BCUT2D eigenvalue weighted by Crippen LogP contribution is -1.90. The van der Waals surface area contributed by atoms with Gasteiger partial charge in [-0.15, -0.1) is 0 Å². The Bertz CT molecular complexity index is 1250. The maximum Gasteiger partial charge on any atom is 0.221 e. The molecule has 0 amide bonds. The monoisotopic (exact) mass is 476 g/mol. The summed E-state index contributed by atoms with van der Waals surface area (Å²) in [6, 6.07) is 16.9. The van der Waals surface area contributed by atoms with Crippen LogP contribution in [0.3, 0.4) is 0 Å². The zero-order valence-electron chi connectivity index (χ0n) is 15.2. The highest BCUT2D eigenvalue weighted by molar-refractivity contribution is 6.39. The summed E-state index contributed by atoms with van der Waals surface area (Å²) < 4.78 is 11.4. The molecule has 150 valence electrons. The lowest BCUT2D eigenvalue weighted by Gasteiger charge is -2.02. The van der Waals surface area contributed by atoms with Crippen molar-refractivity contribution in [1.29, 1.82) is 0 Å². The van der Waals surface area contributed by atoms with Crippen LogP contribution in [-0.2, 0) is 0 Å². The molecule has 0 fully saturated rings. The van der Waals surface area contributed by atoms with Gasteiger partial charge in [0.25, 0.3) is 0 Å². The first-order chi connectivity index (χ1) is 14.4. The van der Waals surface area contributed by atoms with Gasteiger partial charge in [0.05, 0.1) is 20.6 Å². The van der Waals surface area contributed by atoms with E-state index in [0.717, 1.165) is 0 Å². The molecule has 2 aromatic heterocycles. The molecule has 30 heavy (non-hydrogen) atoms. The molecular formula is C23H12Cl4O3. The van der Waals surface area contributed by atoms with E-state index in [1.54, 1.807) is 66.7 Å². The summed E-state index contributed by atoms with van der Waals surface area (Å²) in [4.78, 5) is 12.5. The van der Waals surface area contributed by atoms with Crippen LogP contribution < -0.4 is 0 Å². The van der Waals surface area contributed by atoms with Crippen LogP contribution in [0, 0.1) is 0 Å². The number of hydrogen-bond donors (Lipinski definition) is 0. The number of hydrogen-bond acceptors (Lipinski definition) is 3. The van der Waals surface area contributed by atoms with Crippen molar-refractivity contribution in [2.75, 3.05) is 0 Å². The number of halogens is 4. The molecule has 0 spiro atoms. The molecule has 4 aromatic rings. The summed E-state index contributed by atoms with van der Waals surface area (Å²) in [5.41, 5.74) is 1.21.